The number of hydrogen-bond acceptors (Lipinski definition) is 5. The first-order chi connectivity index (χ1) is 8.06. The van der Waals surface area contributed by atoms with Crippen molar-refractivity contribution in [3.05, 3.63) is 17.7 Å². The van der Waals surface area contributed by atoms with Crippen LogP contribution in [0.4, 0.5) is 0 Å². The number of aliphatic hydroxyl groups excluding tert-OH is 1. The molecule has 1 aromatic carbocycles. The van der Waals surface area contributed by atoms with Gasteiger partial charge in [-0.2, -0.15) is 0 Å². The number of hydrogen-bond donors (Lipinski definition) is 2. The van der Waals surface area contributed by atoms with E-state index in [4.69, 9.17) is 19.9 Å². The van der Waals surface area contributed by atoms with Crippen LogP contribution in [0, 0.1) is 0 Å². The second kappa shape index (κ2) is 5.75. The van der Waals surface area contributed by atoms with Crippen LogP contribution in [-0.4, -0.2) is 32.5 Å². The first kappa shape index (κ1) is 13.6. The predicted octanol–water partition coefficient (Wildman–Crippen LogP) is 1.09. The van der Waals surface area contributed by atoms with Crippen molar-refractivity contribution >= 4 is 0 Å². The van der Waals surface area contributed by atoms with Gasteiger partial charge in [-0.3, -0.25) is 0 Å². The minimum atomic E-state index is -0.679. The Bertz CT molecular complexity index is 379. The minimum absolute atomic E-state index is 0.476. The molecular formula is C12H19NO4. The van der Waals surface area contributed by atoms with E-state index >= 15 is 0 Å². The van der Waals surface area contributed by atoms with Gasteiger partial charge in [0.25, 0.3) is 0 Å². The molecule has 2 atom stereocenters. The highest BCUT2D eigenvalue weighted by atomic mass is 16.5. The molecule has 0 unspecified atom stereocenters. The number of aliphatic hydroxyl groups is 1. The third-order valence-corrected chi connectivity index (χ3v) is 2.61. The molecule has 0 heterocycles. The Hall–Kier alpha value is -1.46. The fraction of sp³-hybridized carbons (Fsp3) is 0.500. The summed E-state index contributed by atoms with van der Waals surface area (Å²) in [7, 11) is 4.60. The van der Waals surface area contributed by atoms with Crippen LogP contribution in [-0.2, 0) is 0 Å². The van der Waals surface area contributed by atoms with Gasteiger partial charge in [-0.15, -0.1) is 0 Å². The van der Waals surface area contributed by atoms with Crippen LogP contribution in [0.3, 0.4) is 0 Å². The molecule has 17 heavy (non-hydrogen) atoms. The zero-order chi connectivity index (χ0) is 13.0. The number of nitrogens with two attached hydrogens (primary N) is 1. The molecule has 0 aliphatic rings. The fourth-order valence-electron chi connectivity index (χ4n) is 1.65. The number of methoxy groups -OCH3 is 3. The van der Waals surface area contributed by atoms with E-state index in [9.17, 15) is 5.11 Å². The molecule has 1 aromatic rings. The van der Waals surface area contributed by atoms with Gasteiger partial charge in [0.1, 0.15) is 0 Å². The van der Waals surface area contributed by atoms with Gasteiger partial charge >= 0.3 is 0 Å². The summed E-state index contributed by atoms with van der Waals surface area (Å²) in [6, 6.07) is 2.96. The van der Waals surface area contributed by atoms with Crippen molar-refractivity contribution in [3.63, 3.8) is 0 Å². The number of rotatable bonds is 5. The SMILES string of the molecule is COc1ccc([C@H](N)[C@@H](C)O)c(OC)c1OC. The van der Waals surface area contributed by atoms with E-state index in [0.29, 0.717) is 22.8 Å². The van der Waals surface area contributed by atoms with Crippen LogP contribution in [0.1, 0.15) is 18.5 Å². The van der Waals surface area contributed by atoms with Crippen LogP contribution in [0.2, 0.25) is 0 Å². The molecule has 0 fully saturated rings. The molecule has 0 aliphatic heterocycles. The van der Waals surface area contributed by atoms with E-state index in [-0.39, 0.29) is 0 Å². The zero-order valence-corrected chi connectivity index (χ0v) is 10.6. The highest BCUT2D eigenvalue weighted by molar-refractivity contribution is 5.56. The summed E-state index contributed by atoms with van der Waals surface area (Å²) in [6.45, 7) is 1.63. The summed E-state index contributed by atoms with van der Waals surface area (Å²) in [5, 5.41) is 9.53. The molecule has 0 bridgehead atoms. The van der Waals surface area contributed by atoms with Gasteiger partial charge in [-0.05, 0) is 19.1 Å². The van der Waals surface area contributed by atoms with E-state index in [1.807, 2.05) is 0 Å². The van der Waals surface area contributed by atoms with Crippen molar-refractivity contribution in [2.24, 2.45) is 5.73 Å². The topological polar surface area (TPSA) is 73.9 Å². The molecule has 0 saturated heterocycles. The van der Waals surface area contributed by atoms with Crippen LogP contribution < -0.4 is 19.9 Å². The van der Waals surface area contributed by atoms with Crippen LogP contribution in [0.15, 0.2) is 12.1 Å². The molecule has 0 aliphatic carbocycles. The van der Waals surface area contributed by atoms with Gasteiger partial charge in [0.2, 0.25) is 5.75 Å². The Morgan fingerprint density at radius 1 is 1.06 bits per heavy atom. The normalized spacial score (nSPS) is 14.0. The summed E-state index contributed by atoms with van der Waals surface area (Å²) < 4.78 is 15.7. The van der Waals surface area contributed by atoms with Crippen molar-refractivity contribution in [1.82, 2.24) is 0 Å². The van der Waals surface area contributed by atoms with Gasteiger partial charge in [0.05, 0.1) is 33.5 Å². The Morgan fingerprint density at radius 2 is 1.65 bits per heavy atom. The van der Waals surface area contributed by atoms with E-state index in [1.165, 1.54) is 14.2 Å². The standard InChI is InChI=1S/C12H19NO4/c1-7(14)10(13)8-5-6-9(15-2)12(17-4)11(8)16-3/h5-7,10,14H,13H2,1-4H3/t7-,10-/m1/s1. The van der Waals surface area contributed by atoms with Crippen molar-refractivity contribution in [2.75, 3.05) is 21.3 Å². The van der Waals surface area contributed by atoms with Crippen LogP contribution in [0.25, 0.3) is 0 Å². The van der Waals surface area contributed by atoms with Gasteiger partial charge in [-0.1, -0.05) is 0 Å². The molecule has 0 aromatic heterocycles. The third kappa shape index (κ3) is 2.62. The summed E-state index contributed by atoms with van der Waals surface area (Å²) in [5.74, 6) is 1.52. The molecule has 3 N–H and O–H groups in total. The smallest absolute Gasteiger partial charge is 0.203 e. The Balaban J connectivity index is 3.32. The van der Waals surface area contributed by atoms with Crippen LogP contribution >= 0.6 is 0 Å². The first-order valence-corrected chi connectivity index (χ1v) is 5.29. The Morgan fingerprint density at radius 3 is 2.06 bits per heavy atom. The maximum Gasteiger partial charge on any atom is 0.203 e. The molecule has 96 valence electrons. The lowest BCUT2D eigenvalue weighted by molar-refractivity contribution is 0.162. The monoisotopic (exact) mass is 241 g/mol. The summed E-state index contributed by atoms with van der Waals surface area (Å²) in [5.41, 5.74) is 6.58. The van der Waals surface area contributed by atoms with E-state index in [0.717, 1.165) is 0 Å². The molecule has 0 amide bonds. The molecule has 0 saturated carbocycles. The van der Waals surface area contributed by atoms with Crippen molar-refractivity contribution in [2.45, 2.75) is 19.1 Å². The largest absolute Gasteiger partial charge is 0.493 e. The first-order valence-electron chi connectivity index (χ1n) is 5.29. The Kier molecular flexibility index (Phi) is 4.60. The maximum absolute atomic E-state index is 9.53. The van der Waals surface area contributed by atoms with E-state index in [1.54, 1.807) is 26.2 Å². The lowest BCUT2D eigenvalue weighted by atomic mass is 10.0. The maximum atomic E-state index is 9.53. The molecule has 0 spiro atoms. The van der Waals surface area contributed by atoms with Crippen LogP contribution in [0.5, 0.6) is 17.2 Å². The molecular weight excluding hydrogens is 222 g/mol. The number of benzene rings is 1. The second-order valence-corrected chi connectivity index (χ2v) is 3.69. The second-order valence-electron chi connectivity index (χ2n) is 3.69. The van der Waals surface area contributed by atoms with E-state index in [2.05, 4.69) is 0 Å². The highest BCUT2D eigenvalue weighted by Gasteiger charge is 2.22. The minimum Gasteiger partial charge on any atom is -0.493 e. The van der Waals surface area contributed by atoms with Gasteiger partial charge in [0, 0.05) is 5.56 Å². The molecule has 5 heteroatoms. The van der Waals surface area contributed by atoms with E-state index < -0.39 is 12.1 Å². The van der Waals surface area contributed by atoms with Gasteiger partial charge in [0.15, 0.2) is 11.5 Å². The van der Waals surface area contributed by atoms with Gasteiger partial charge < -0.3 is 25.1 Å². The summed E-state index contributed by atoms with van der Waals surface area (Å²) in [4.78, 5) is 0. The molecule has 1 rings (SSSR count). The van der Waals surface area contributed by atoms with Crippen molar-refractivity contribution < 1.29 is 19.3 Å². The highest BCUT2D eigenvalue weighted by Crippen LogP contribution is 2.42. The lowest BCUT2D eigenvalue weighted by Gasteiger charge is -2.21. The average Bonchev–Trinajstić information content (AvgIpc) is 2.35. The average molecular weight is 241 g/mol. The van der Waals surface area contributed by atoms with Crippen molar-refractivity contribution in [3.8, 4) is 17.2 Å². The summed E-state index contributed by atoms with van der Waals surface area (Å²) >= 11 is 0. The molecule has 0 radical (unpaired) electrons. The third-order valence-electron chi connectivity index (χ3n) is 2.61. The lowest BCUT2D eigenvalue weighted by Crippen LogP contribution is -2.23. The quantitative estimate of drug-likeness (QED) is 0.807. The molecule has 5 nitrogen and oxygen atoms in total. The number of ether oxygens (including phenoxy) is 3. The van der Waals surface area contributed by atoms with Gasteiger partial charge in [-0.25, -0.2) is 0 Å². The zero-order valence-electron chi connectivity index (χ0n) is 10.6. The summed E-state index contributed by atoms with van der Waals surface area (Å²) in [6.07, 6.45) is -0.679. The fourth-order valence-corrected chi connectivity index (χ4v) is 1.65. The predicted molar refractivity (Wildman–Crippen MR) is 64.7 cm³/mol. The van der Waals surface area contributed by atoms with Crippen molar-refractivity contribution in [1.29, 1.82) is 0 Å². The Labute approximate surface area is 101 Å².